The van der Waals surface area contributed by atoms with Crippen LogP contribution in [0.25, 0.3) is 66.8 Å². The van der Waals surface area contributed by atoms with Crippen molar-refractivity contribution in [2.24, 2.45) is 0 Å². The number of rotatable bonds is 6. The van der Waals surface area contributed by atoms with Crippen LogP contribution in [0.5, 0.6) is 34.5 Å². The normalized spacial score (nSPS) is 16.1. The molecule has 7 aromatic carbocycles. The van der Waals surface area contributed by atoms with E-state index in [-0.39, 0.29) is 34.5 Å². The Labute approximate surface area is 320 Å². The van der Waals surface area contributed by atoms with Gasteiger partial charge < -0.3 is 28.4 Å². The Kier molecular flexibility index (Phi) is 7.53. The Bertz CT molecular complexity index is 2410. The Morgan fingerprint density at radius 1 is 0.211 bits per heavy atom. The van der Waals surface area contributed by atoms with Crippen LogP contribution in [0, 0.1) is 0 Å². The molecule has 3 aliphatic rings. The second kappa shape index (κ2) is 12.5. The fourth-order valence-corrected chi connectivity index (χ4v) is 7.08. The number of hydrogen-bond donors (Lipinski definition) is 0. The van der Waals surface area contributed by atoms with E-state index in [2.05, 4.69) is 46.6 Å². The van der Waals surface area contributed by atoms with Crippen LogP contribution in [-0.2, 0) is 0 Å². The van der Waals surface area contributed by atoms with Crippen LogP contribution in [0.2, 0.25) is 0 Å². The summed E-state index contributed by atoms with van der Waals surface area (Å²) >= 11 is 0. The van der Waals surface area contributed by atoms with E-state index in [1.54, 1.807) is 18.2 Å². The van der Waals surface area contributed by atoms with Crippen LogP contribution in [0.4, 0.5) is 26.3 Å². The first-order valence-electron chi connectivity index (χ1n) is 17.5. The van der Waals surface area contributed by atoms with Gasteiger partial charge in [-0.15, -0.1) is 26.3 Å². The van der Waals surface area contributed by atoms with E-state index in [1.165, 1.54) is 36.4 Å². The first kappa shape index (κ1) is 34.4. The zero-order valence-electron chi connectivity index (χ0n) is 29.1. The first-order chi connectivity index (χ1) is 27.3. The van der Waals surface area contributed by atoms with E-state index in [0.717, 1.165) is 50.1 Å². The lowest BCUT2D eigenvalue weighted by molar-refractivity contribution is -0.287. The van der Waals surface area contributed by atoms with Crippen LogP contribution in [0.3, 0.4) is 0 Å². The number of fused-ring (bicyclic) bond motifs is 3. The third kappa shape index (κ3) is 6.58. The first-order valence-corrected chi connectivity index (χ1v) is 17.5. The number of alkyl halides is 6. The second-order valence-corrected chi connectivity index (χ2v) is 13.5. The summed E-state index contributed by atoms with van der Waals surface area (Å²) in [6.45, 7) is 0. The lowest BCUT2D eigenvalue weighted by atomic mass is 9.91. The Hall–Kier alpha value is -7.08. The van der Waals surface area contributed by atoms with Crippen LogP contribution in [0.15, 0.2) is 146 Å². The molecule has 0 saturated heterocycles. The van der Waals surface area contributed by atoms with Gasteiger partial charge in [0.2, 0.25) is 0 Å². The molecule has 10 rings (SSSR count). The third-order valence-corrected chi connectivity index (χ3v) is 9.79. The minimum absolute atomic E-state index is 0.0353. The van der Waals surface area contributed by atoms with E-state index < -0.39 is 18.9 Å². The minimum atomic E-state index is -3.72. The molecule has 0 spiro atoms. The van der Waals surface area contributed by atoms with E-state index in [1.807, 2.05) is 72.8 Å². The topological polar surface area (TPSA) is 55.4 Å². The molecule has 0 fully saturated rings. The highest BCUT2D eigenvalue weighted by molar-refractivity contribution is 5.84. The molecule has 0 unspecified atom stereocenters. The lowest BCUT2D eigenvalue weighted by Gasteiger charge is -2.13. The zero-order chi connectivity index (χ0) is 39.1. The number of benzene rings is 7. The van der Waals surface area contributed by atoms with Crippen molar-refractivity contribution in [1.29, 1.82) is 0 Å². The van der Waals surface area contributed by atoms with Gasteiger partial charge in [-0.25, -0.2) is 0 Å². The summed E-state index contributed by atoms with van der Waals surface area (Å²) in [6.07, 6.45) is -11.1. The molecule has 12 heteroatoms. The van der Waals surface area contributed by atoms with Gasteiger partial charge in [-0.1, -0.05) is 91.0 Å². The van der Waals surface area contributed by atoms with Crippen molar-refractivity contribution >= 4 is 0 Å². The predicted molar refractivity (Wildman–Crippen MR) is 198 cm³/mol. The smallest absolute Gasteiger partial charge is 0.395 e. The molecule has 57 heavy (non-hydrogen) atoms. The summed E-state index contributed by atoms with van der Waals surface area (Å²) in [6, 6.07) is 43.1. The standard InChI is InChI=1S/C45H24F6O6/c46-43(47)52-37-16-13-31(22-40(37)55-43)25-1-7-28(8-2-25)34-19-35(29-9-3-26(4-10-29)32-14-17-38-41(23-32)56-44(48,49)53-38)21-36(20-34)30-11-5-27(6-12-30)33-15-18-39-42(24-33)57-45(50,51)54-39/h1-24H. The van der Waals surface area contributed by atoms with Crippen LogP contribution >= 0.6 is 0 Å². The molecule has 3 aliphatic heterocycles. The molecule has 6 nitrogen and oxygen atoms in total. The van der Waals surface area contributed by atoms with Gasteiger partial charge in [0.15, 0.2) is 34.5 Å². The van der Waals surface area contributed by atoms with E-state index in [0.29, 0.717) is 16.7 Å². The number of ether oxygens (including phenoxy) is 6. The molecule has 0 aliphatic carbocycles. The highest BCUT2D eigenvalue weighted by atomic mass is 19.3. The molecular formula is C45H24F6O6. The molecule has 0 N–H and O–H groups in total. The Morgan fingerprint density at radius 3 is 0.649 bits per heavy atom. The van der Waals surface area contributed by atoms with Gasteiger partial charge in [0.25, 0.3) is 0 Å². The summed E-state index contributed by atoms with van der Waals surface area (Å²) in [5.74, 6) is -0.242. The van der Waals surface area contributed by atoms with Gasteiger partial charge in [0, 0.05) is 0 Å². The Balaban J connectivity index is 0.988. The number of halogens is 6. The zero-order valence-corrected chi connectivity index (χ0v) is 29.1. The maximum atomic E-state index is 13.6. The largest absolute Gasteiger partial charge is 0.586 e. The van der Waals surface area contributed by atoms with Crippen LogP contribution < -0.4 is 28.4 Å². The van der Waals surface area contributed by atoms with Crippen molar-refractivity contribution in [3.63, 3.8) is 0 Å². The van der Waals surface area contributed by atoms with Crippen molar-refractivity contribution in [3.05, 3.63) is 146 Å². The quantitative estimate of drug-likeness (QED) is 0.157. The summed E-state index contributed by atoms with van der Waals surface area (Å²) in [7, 11) is 0. The molecule has 0 aromatic heterocycles. The average molecular weight is 775 g/mol. The van der Waals surface area contributed by atoms with Crippen molar-refractivity contribution in [2.75, 3.05) is 0 Å². The van der Waals surface area contributed by atoms with Gasteiger partial charge >= 0.3 is 18.9 Å². The van der Waals surface area contributed by atoms with E-state index >= 15 is 0 Å². The fourth-order valence-electron chi connectivity index (χ4n) is 7.08. The maximum Gasteiger partial charge on any atom is 0.586 e. The molecule has 0 saturated carbocycles. The van der Waals surface area contributed by atoms with Gasteiger partial charge in [0.05, 0.1) is 0 Å². The second-order valence-electron chi connectivity index (χ2n) is 13.5. The molecule has 282 valence electrons. The summed E-state index contributed by atoms with van der Waals surface area (Å²) in [5.41, 5.74) is 9.68. The summed E-state index contributed by atoms with van der Waals surface area (Å²) in [5, 5.41) is 0. The lowest BCUT2D eigenvalue weighted by Crippen LogP contribution is -2.25. The predicted octanol–water partition coefficient (Wildman–Crippen LogP) is 12.7. The highest BCUT2D eigenvalue weighted by Crippen LogP contribution is 2.46. The molecular weight excluding hydrogens is 750 g/mol. The molecule has 0 radical (unpaired) electrons. The SMILES string of the molecule is FC1(F)Oc2ccc(-c3ccc(-c4cc(-c5ccc(-c6ccc7c(c6)OC(F)(F)O7)cc5)cc(-c5ccc(-c6ccc7c(c6)OC(F)(F)O7)cc5)c4)cc3)cc2O1. The van der Waals surface area contributed by atoms with Gasteiger partial charge in [-0.05, 0) is 121 Å². The van der Waals surface area contributed by atoms with Gasteiger partial charge in [-0.2, -0.15) is 0 Å². The highest BCUT2D eigenvalue weighted by Gasteiger charge is 2.45. The van der Waals surface area contributed by atoms with Gasteiger partial charge in [0.1, 0.15) is 0 Å². The third-order valence-electron chi connectivity index (χ3n) is 9.79. The van der Waals surface area contributed by atoms with Crippen molar-refractivity contribution in [3.8, 4) is 101 Å². The molecule has 0 amide bonds. The van der Waals surface area contributed by atoms with E-state index in [4.69, 9.17) is 0 Å². The van der Waals surface area contributed by atoms with Crippen LogP contribution in [-0.4, -0.2) is 18.9 Å². The fraction of sp³-hybridized carbons (Fsp3) is 0.0667. The van der Waals surface area contributed by atoms with Crippen molar-refractivity contribution in [1.82, 2.24) is 0 Å². The molecule has 0 bridgehead atoms. The molecule has 3 heterocycles. The van der Waals surface area contributed by atoms with Crippen molar-refractivity contribution < 1.29 is 54.8 Å². The average Bonchev–Trinajstić information content (AvgIpc) is 3.82. The maximum absolute atomic E-state index is 13.6. The van der Waals surface area contributed by atoms with E-state index in [9.17, 15) is 26.3 Å². The van der Waals surface area contributed by atoms with Crippen molar-refractivity contribution in [2.45, 2.75) is 18.9 Å². The summed E-state index contributed by atoms with van der Waals surface area (Å²) < 4.78 is 109. The van der Waals surface area contributed by atoms with Gasteiger partial charge in [-0.3, -0.25) is 0 Å². The number of hydrogen-bond acceptors (Lipinski definition) is 6. The van der Waals surface area contributed by atoms with Crippen LogP contribution in [0.1, 0.15) is 0 Å². The summed E-state index contributed by atoms with van der Waals surface area (Å²) in [4.78, 5) is 0. The Morgan fingerprint density at radius 2 is 0.404 bits per heavy atom. The molecule has 0 atom stereocenters. The monoisotopic (exact) mass is 774 g/mol. The molecule has 7 aromatic rings. The minimum Gasteiger partial charge on any atom is -0.395 e.